The van der Waals surface area contributed by atoms with Gasteiger partial charge in [0.25, 0.3) is 0 Å². The van der Waals surface area contributed by atoms with Gasteiger partial charge in [0, 0.05) is 12.2 Å². The summed E-state index contributed by atoms with van der Waals surface area (Å²) >= 11 is 0. The van der Waals surface area contributed by atoms with Crippen LogP contribution >= 0.6 is 0 Å². The van der Waals surface area contributed by atoms with E-state index in [4.69, 9.17) is 4.74 Å². The van der Waals surface area contributed by atoms with Crippen LogP contribution in [0.15, 0.2) is 30.4 Å². The molecule has 0 aromatic heterocycles. The van der Waals surface area contributed by atoms with Gasteiger partial charge >= 0.3 is 11.9 Å². The molecule has 0 spiro atoms. The van der Waals surface area contributed by atoms with Crippen LogP contribution in [0.5, 0.6) is 5.75 Å². The summed E-state index contributed by atoms with van der Waals surface area (Å²) in [6.07, 6.45) is 5.79. The Bertz CT molecular complexity index is 543. The summed E-state index contributed by atoms with van der Waals surface area (Å²) in [6, 6.07) is 5.28. The van der Waals surface area contributed by atoms with Gasteiger partial charge in [-0.1, -0.05) is 6.07 Å². The zero-order valence-electron chi connectivity index (χ0n) is 11.6. The lowest BCUT2D eigenvalue weighted by molar-refractivity contribution is -0.135. The molecule has 5 heteroatoms. The lowest BCUT2D eigenvalue weighted by atomic mass is 10.1. The predicted molar refractivity (Wildman–Crippen MR) is 75.1 cm³/mol. The van der Waals surface area contributed by atoms with Crippen molar-refractivity contribution in [3.8, 4) is 5.75 Å². The Morgan fingerprint density at radius 3 is 1.95 bits per heavy atom. The van der Waals surface area contributed by atoms with Crippen molar-refractivity contribution in [2.24, 2.45) is 0 Å². The van der Waals surface area contributed by atoms with Gasteiger partial charge in [-0.15, -0.1) is 0 Å². The van der Waals surface area contributed by atoms with E-state index in [0.717, 1.165) is 11.1 Å². The number of rotatable bonds is 5. The maximum Gasteiger partial charge on any atom is 0.330 e. The molecule has 0 aliphatic carbocycles. The molecule has 20 heavy (non-hydrogen) atoms. The Morgan fingerprint density at radius 1 is 0.900 bits per heavy atom. The fraction of sp³-hybridized carbons (Fsp3) is 0.200. The third-order valence-electron chi connectivity index (χ3n) is 2.49. The summed E-state index contributed by atoms with van der Waals surface area (Å²) in [4.78, 5) is 22.2. The first kappa shape index (κ1) is 15.5. The number of methoxy groups -OCH3 is 3. The second-order valence-electron chi connectivity index (χ2n) is 3.71. The molecule has 0 unspecified atom stereocenters. The summed E-state index contributed by atoms with van der Waals surface area (Å²) < 4.78 is 14.2. The van der Waals surface area contributed by atoms with Crippen LogP contribution in [-0.2, 0) is 19.1 Å². The maximum absolute atomic E-state index is 11.1. The lowest BCUT2D eigenvalue weighted by Gasteiger charge is -2.05. The summed E-state index contributed by atoms with van der Waals surface area (Å²) in [5.41, 5.74) is 1.46. The zero-order chi connectivity index (χ0) is 15.0. The molecule has 106 valence electrons. The standard InChI is InChI=1S/C15H16O5/c1-18-13-7-4-11(5-8-14(16)19-2)12(10-13)6-9-15(17)20-3/h4-10H,1-3H3/b8-5+,9-6+. The first-order chi connectivity index (χ1) is 9.60. The first-order valence-corrected chi connectivity index (χ1v) is 5.80. The van der Waals surface area contributed by atoms with E-state index in [2.05, 4.69) is 9.47 Å². The fourth-order valence-corrected chi connectivity index (χ4v) is 1.43. The Morgan fingerprint density at radius 2 is 1.45 bits per heavy atom. The highest BCUT2D eigenvalue weighted by Gasteiger charge is 2.02. The van der Waals surface area contributed by atoms with E-state index in [-0.39, 0.29) is 0 Å². The molecule has 1 aromatic rings. The van der Waals surface area contributed by atoms with Crippen molar-refractivity contribution in [1.82, 2.24) is 0 Å². The molecule has 5 nitrogen and oxygen atoms in total. The second kappa shape index (κ2) is 7.78. The molecule has 0 aliphatic heterocycles. The van der Waals surface area contributed by atoms with Crippen LogP contribution in [0.3, 0.4) is 0 Å². The van der Waals surface area contributed by atoms with Gasteiger partial charge in [0.2, 0.25) is 0 Å². The van der Waals surface area contributed by atoms with E-state index in [1.54, 1.807) is 37.5 Å². The van der Waals surface area contributed by atoms with Crippen LogP contribution in [-0.4, -0.2) is 33.3 Å². The molecule has 0 heterocycles. The van der Waals surface area contributed by atoms with Crippen LogP contribution in [0.4, 0.5) is 0 Å². The molecule has 0 saturated heterocycles. The van der Waals surface area contributed by atoms with Crippen molar-refractivity contribution >= 4 is 24.1 Å². The summed E-state index contributed by atoms with van der Waals surface area (Å²) in [5, 5.41) is 0. The molecule has 0 radical (unpaired) electrons. The zero-order valence-corrected chi connectivity index (χ0v) is 11.6. The fourth-order valence-electron chi connectivity index (χ4n) is 1.43. The minimum absolute atomic E-state index is 0.455. The van der Waals surface area contributed by atoms with Crippen LogP contribution in [0.1, 0.15) is 11.1 Å². The molecule has 0 aliphatic rings. The number of benzene rings is 1. The van der Waals surface area contributed by atoms with Gasteiger partial charge < -0.3 is 14.2 Å². The number of esters is 2. The summed E-state index contributed by atoms with van der Waals surface area (Å²) in [5.74, 6) is -0.274. The van der Waals surface area contributed by atoms with Gasteiger partial charge in [0.15, 0.2) is 0 Å². The Hall–Kier alpha value is -2.56. The monoisotopic (exact) mass is 276 g/mol. The highest BCUT2D eigenvalue weighted by atomic mass is 16.5. The van der Waals surface area contributed by atoms with E-state index in [1.165, 1.54) is 26.4 Å². The minimum atomic E-state index is -0.462. The summed E-state index contributed by atoms with van der Waals surface area (Å²) in [7, 11) is 4.15. The molecule has 0 bridgehead atoms. The lowest BCUT2D eigenvalue weighted by Crippen LogP contribution is -1.95. The number of hydrogen-bond donors (Lipinski definition) is 0. The molecular formula is C15H16O5. The SMILES string of the molecule is COC(=O)/C=C/c1ccc(OC)cc1/C=C/C(=O)OC. The molecule has 0 fully saturated rings. The predicted octanol–water partition coefficient (Wildman–Crippen LogP) is 2.07. The van der Waals surface area contributed by atoms with Crippen molar-refractivity contribution in [2.45, 2.75) is 0 Å². The summed E-state index contributed by atoms with van der Waals surface area (Å²) in [6.45, 7) is 0. The highest BCUT2D eigenvalue weighted by Crippen LogP contribution is 2.20. The maximum atomic E-state index is 11.1. The van der Waals surface area contributed by atoms with Gasteiger partial charge in [-0.3, -0.25) is 0 Å². The smallest absolute Gasteiger partial charge is 0.330 e. The molecule has 1 aromatic carbocycles. The number of carbonyl (C=O) groups is 2. The van der Waals surface area contributed by atoms with Crippen molar-refractivity contribution in [3.05, 3.63) is 41.5 Å². The van der Waals surface area contributed by atoms with Crippen molar-refractivity contribution in [3.63, 3.8) is 0 Å². The molecule has 0 saturated carbocycles. The Kier molecular flexibility index (Phi) is 6.03. The average Bonchev–Trinajstić information content (AvgIpc) is 2.50. The number of carbonyl (C=O) groups excluding carboxylic acids is 2. The molecule has 0 N–H and O–H groups in total. The number of hydrogen-bond acceptors (Lipinski definition) is 5. The minimum Gasteiger partial charge on any atom is -0.497 e. The third kappa shape index (κ3) is 4.61. The van der Waals surface area contributed by atoms with Crippen LogP contribution in [0.2, 0.25) is 0 Å². The van der Waals surface area contributed by atoms with Crippen LogP contribution in [0.25, 0.3) is 12.2 Å². The van der Waals surface area contributed by atoms with Crippen molar-refractivity contribution in [2.75, 3.05) is 21.3 Å². The van der Waals surface area contributed by atoms with Gasteiger partial charge in [0.1, 0.15) is 5.75 Å². The van der Waals surface area contributed by atoms with E-state index in [1.807, 2.05) is 0 Å². The van der Waals surface area contributed by atoms with Crippen molar-refractivity contribution < 1.29 is 23.8 Å². The molecule has 1 rings (SSSR count). The van der Waals surface area contributed by atoms with Gasteiger partial charge in [-0.2, -0.15) is 0 Å². The Labute approximate surface area is 117 Å². The van der Waals surface area contributed by atoms with E-state index < -0.39 is 11.9 Å². The van der Waals surface area contributed by atoms with Gasteiger partial charge in [-0.05, 0) is 35.4 Å². The average molecular weight is 276 g/mol. The van der Waals surface area contributed by atoms with Gasteiger partial charge in [0.05, 0.1) is 21.3 Å². The largest absolute Gasteiger partial charge is 0.497 e. The van der Waals surface area contributed by atoms with E-state index in [0.29, 0.717) is 5.75 Å². The third-order valence-corrected chi connectivity index (χ3v) is 2.49. The first-order valence-electron chi connectivity index (χ1n) is 5.80. The quantitative estimate of drug-likeness (QED) is 0.608. The number of ether oxygens (including phenoxy) is 3. The topological polar surface area (TPSA) is 61.8 Å². The molecule has 0 amide bonds. The van der Waals surface area contributed by atoms with E-state index >= 15 is 0 Å². The normalized spacial score (nSPS) is 10.8. The second-order valence-corrected chi connectivity index (χ2v) is 3.71. The van der Waals surface area contributed by atoms with Crippen molar-refractivity contribution in [1.29, 1.82) is 0 Å². The van der Waals surface area contributed by atoms with Gasteiger partial charge in [-0.25, -0.2) is 9.59 Å². The molecular weight excluding hydrogens is 260 g/mol. The highest BCUT2D eigenvalue weighted by molar-refractivity contribution is 5.90. The van der Waals surface area contributed by atoms with E-state index in [9.17, 15) is 9.59 Å². The van der Waals surface area contributed by atoms with Crippen LogP contribution < -0.4 is 4.74 Å². The molecule has 0 atom stereocenters. The van der Waals surface area contributed by atoms with Crippen LogP contribution in [0, 0.1) is 0 Å². The Balaban J connectivity index is 3.09.